The van der Waals surface area contributed by atoms with Crippen molar-refractivity contribution in [3.8, 4) is 5.88 Å². The molecule has 8 heteroatoms. The summed E-state index contributed by atoms with van der Waals surface area (Å²) in [4.78, 5) is 21.1. The average Bonchev–Trinajstić information content (AvgIpc) is 2.54. The lowest BCUT2D eigenvalue weighted by atomic mass is 10.2. The molecule has 0 saturated carbocycles. The number of aromatic hydroxyl groups is 1. The van der Waals surface area contributed by atoms with Gasteiger partial charge in [-0.15, -0.1) is 0 Å². The van der Waals surface area contributed by atoms with Gasteiger partial charge in [-0.1, -0.05) is 6.92 Å². The van der Waals surface area contributed by atoms with Gasteiger partial charge in [-0.2, -0.15) is 0 Å². The number of aromatic amines is 1. The molecule has 7 nitrogen and oxygen atoms in total. The van der Waals surface area contributed by atoms with Crippen LogP contribution in [0.4, 0.5) is 0 Å². The van der Waals surface area contributed by atoms with E-state index in [4.69, 9.17) is 17.0 Å². The minimum absolute atomic E-state index is 0.000139. The predicted molar refractivity (Wildman–Crippen MR) is 92.3 cm³/mol. The number of morpholine rings is 1. The summed E-state index contributed by atoms with van der Waals surface area (Å²) in [5, 5.41) is 10.4. The molecule has 128 valence electrons. The van der Waals surface area contributed by atoms with Crippen molar-refractivity contribution in [2.75, 3.05) is 39.4 Å². The summed E-state index contributed by atoms with van der Waals surface area (Å²) >= 11 is 5.13. The molecule has 1 aliphatic rings. The lowest BCUT2D eigenvalue weighted by molar-refractivity contribution is 0.0395. The number of H-pyrrole nitrogens is 1. The summed E-state index contributed by atoms with van der Waals surface area (Å²) in [6, 6.07) is -0.000139. The van der Waals surface area contributed by atoms with Crippen LogP contribution in [0.5, 0.6) is 5.88 Å². The summed E-state index contributed by atoms with van der Waals surface area (Å²) in [7, 11) is 0. The molecule has 0 unspecified atom stereocenters. The zero-order valence-corrected chi connectivity index (χ0v) is 14.4. The van der Waals surface area contributed by atoms with Crippen LogP contribution >= 0.6 is 12.2 Å². The van der Waals surface area contributed by atoms with E-state index in [1.54, 1.807) is 4.57 Å². The second-order valence-electron chi connectivity index (χ2n) is 5.61. The zero-order chi connectivity index (χ0) is 16.8. The summed E-state index contributed by atoms with van der Waals surface area (Å²) < 4.78 is 7.08. The minimum Gasteiger partial charge on any atom is -0.494 e. The standard InChI is InChI=1S/C15H24N4O3S/c1-3-11(2)19-14(21)12(13(20)17-15(19)23)10-16-4-5-18-6-8-22-9-7-18/h10-11,21H,3-9H2,1-2H3,(H,17,20,23)/t11-/m0/s1. The Hall–Kier alpha value is -1.51. The van der Waals surface area contributed by atoms with Crippen LogP contribution < -0.4 is 5.56 Å². The first kappa shape index (κ1) is 17.8. The third-order valence-electron chi connectivity index (χ3n) is 4.05. The molecule has 0 radical (unpaired) electrons. The van der Waals surface area contributed by atoms with E-state index in [9.17, 15) is 9.90 Å². The van der Waals surface area contributed by atoms with Crippen LogP contribution in [0, 0.1) is 4.77 Å². The van der Waals surface area contributed by atoms with Gasteiger partial charge in [-0.25, -0.2) is 0 Å². The van der Waals surface area contributed by atoms with Crippen molar-refractivity contribution >= 4 is 18.4 Å². The van der Waals surface area contributed by atoms with Gasteiger partial charge in [-0.3, -0.25) is 24.2 Å². The van der Waals surface area contributed by atoms with E-state index < -0.39 is 5.56 Å². The van der Waals surface area contributed by atoms with E-state index >= 15 is 0 Å². The van der Waals surface area contributed by atoms with Crippen LogP contribution in [0.15, 0.2) is 9.79 Å². The lowest BCUT2D eigenvalue weighted by Crippen LogP contribution is -2.37. The Balaban J connectivity index is 2.11. The minimum atomic E-state index is -0.415. The molecule has 0 bridgehead atoms. The van der Waals surface area contributed by atoms with Gasteiger partial charge >= 0.3 is 0 Å². The molecule has 1 aromatic heterocycles. The fourth-order valence-corrected chi connectivity index (χ4v) is 2.80. The number of nitrogens with one attached hydrogen (secondary N) is 1. The normalized spacial score (nSPS) is 17.7. The Morgan fingerprint density at radius 1 is 1.48 bits per heavy atom. The van der Waals surface area contributed by atoms with E-state index in [-0.39, 0.29) is 22.3 Å². The van der Waals surface area contributed by atoms with Gasteiger partial charge < -0.3 is 9.84 Å². The number of ether oxygens (including phenoxy) is 1. The SMILES string of the molecule is CC[C@H](C)n1c(O)c(C=NCCN2CCOCC2)c(=O)[nH]c1=S. The van der Waals surface area contributed by atoms with Crippen molar-refractivity contribution in [3.63, 3.8) is 0 Å². The molecule has 2 rings (SSSR count). The molecular formula is C15H24N4O3S. The molecule has 0 spiro atoms. The molecule has 1 aliphatic heterocycles. The van der Waals surface area contributed by atoms with E-state index in [0.717, 1.165) is 39.3 Å². The third kappa shape index (κ3) is 4.49. The van der Waals surface area contributed by atoms with Crippen LogP contribution in [0.2, 0.25) is 0 Å². The highest BCUT2D eigenvalue weighted by atomic mass is 32.1. The number of hydrogen-bond acceptors (Lipinski definition) is 6. The van der Waals surface area contributed by atoms with Crippen LogP contribution in [0.25, 0.3) is 0 Å². The number of aliphatic imine (C=N–C) groups is 1. The highest BCUT2D eigenvalue weighted by molar-refractivity contribution is 7.71. The molecule has 0 aromatic carbocycles. The maximum atomic E-state index is 12.0. The van der Waals surface area contributed by atoms with Gasteiger partial charge in [0, 0.05) is 31.9 Å². The van der Waals surface area contributed by atoms with E-state index in [0.29, 0.717) is 6.54 Å². The van der Waals surface area contributed by atoms with Crippen LogP contribution in [0.1, 0.15) is 31.9 Å². The second kappa shape index (κ2) is 8.37. The molecule has 1 aromatic rings. The van der Waals surface area contributed by atoms with Gasteiger partial charge in [-0.05, 0) is 25.6 Å². The molecule has 1 fully saturated rings. The maximum Gasteiger partial charge on any atom is 0.264 e. The van der Waals surface area contributed by atoms with Crippen LogP contribution in [0.3, 0.4) is 0 Å². The number of rotatable bonds is 6. The number of nitrogens with zero attached hydrogens (tertiary/aromatic N) is 3. The van der Waals surface area contributed by atoms with Crippen molar-refractivity contribution < 1.29 is 9.84 Å². The van der Waals surface area contributed by atoms with Crippen molar-refractivity contribution in [1.29, 1.82) is 0 Å². The maximum absolute atomic E-state index is 12.0. The summed E-state index contributed by atoms with van der Waals surface area (Å²) in [5.74, 6) is -0.122. The first-order valence-electron chi connectivity index (χ1n) is 7.92. The Morgan fingerprint density at radius 3 is 2.83 bits per heavy atom. The monoisotopic (exact) mass is 340 g/mol. The molecule has 0 amide bonds. The molecule has 23 heavy (non-hydrogen) atoms. The van der Waals surface area contributed by atoms with Crippen molar-refractivity contribution in [2.45, 2.75) is 26.3 Å². The summed E-state index contributed by atoms with van der Waals surface area (Å²) in [6.45, 7) is 8.61. The Morgan fingerprint density at radius 2 is 2.17 bits per heavy atom. The molecule has 1 saturated heterocycles. The smallest absolute Gasteiger partial charge is 0.264 e. The Labute approximate surface area is 140 Å². The lowest BCUT2D eigenvalue weighted by Gasteiger charge is -2.25. The fourth-order valence-electron chi connectivity index (χ4n) is 2.44. The Bertz CT molecular complexity index is 662. The number of aromatic nitrogens is 2. The zero-order valence-electron chi connectivity index (χ0n) is 13.6. The summed E-state index contributed by atoms with van der Waals surface area (Å²) in [5.41, 5.74) is -0.261. The first-order valence-corrected chi connectivity index (χ1v) is 8.33. The molecule has 2 heterocycles. The number of hydrogen-bond donors (Lipinski definition) is 2. The highest BCUT2D eigenvalue weighted by Crippen LogP contribution is 2.19. The average molecular weight is 340 g/mol. The molecular weight excluding hydrogens is 316 g/mol. The quantitative estimate of drug-likeness (QED) is 0.603. The largest absolute Gasteiger partial charge is 0.494 e. The van der Waals surface area contributed by atoms with Gasteiger partial charge in [0.1, 0.15) is 5.56 Å². The van der Waals surface area contributed by atoms with Gasteiger partial charge in [0.25, 0.3) is 5.56 Å². The van der Waals surface area contributed by atoms with Crippen molar-refractivity contribution in [1.82, 2.24) is 14.5 Å². The fraction of sp³-hybridized carbons (Fsp3) is 0.667. The second-order valence-corrected chi connectivity index (χ2v) is 6.00. The third-order valence-corrected chi connectivity index (χ3v) is 4.35. The van der Waals surface area contributed by atoms with Crippen LogP contribution in [-0.4, -0.2) is 65.2 Å². The summed E-state index contributed by atoms with van der Waals surface area (Å²) in [6.07, 6.45) is 2.23. The van der Waals surface area contributed by atoms with Gasteiger partial charge in [0.15, 0.2) is 4.77 Å². The molecule has 0 aliphatic carbocycles. The van der Waals surface area contributed by atoms with E-state index in [1.165, 1.54) is 6.21 Å². The van der Waals surface area contributed by atoms with Crippen LogP contribution in [-0.2, 0) is 4.74 Å². The van der Waals surface area contributed by atoms with Gasteiger partial charge in [0.2, 0.25) is 5.88 Å². The highest BCUT2D eigenvalue weighted by Gasteiger charge is 2.14. The van der Waals surface area contributed by atoms with E-state index in [2.05, 4.69) is 14.9 Å². The van der Waals surface area contributed by atoms with Crippen molar-refractivity contribution in [2.24, 2.45) is 4.99 Å². The molecule has 1 atom stereocenters. The predicted octanol–water partition coefficient (Wildman–Crippen LogP) is 1.33. The Kier molecular flexibility index (Phi) is 6.49. The first-order chi connectivity index (χ1) is 11.0. The van der Waals surface area contributed by atoms with Gasteiger partial charge in [0.05, 0.1) is 19.8 Å². The molecule has 2 N–H and O–H groups in total. The van der Waals surface area contributed by atoms with E-state index in [1.807, 2.05) is 13.8 Å². The topological polar surface area (TPSA) is 82.8 Å². The van der Waals surface area contributed by atoms with Crippen molar-refractivity contribution in [3.05, 3.63) is 20.7 Å².